The number of aromatic nitrogens is 2. The van der Waals surface area contributed by atoms with Crippen LogP contribution in [-0.4, -0.2) is 22.7 Å². The van der Waals surface area contributed by atoms with Crippen LogP contribution in [0.5, 0.6) is 0 Å². The maximum atomic E-state index is 12.0. The number of hydrogen-bond donors (Lipinski definition) is 0. The van der Waals surface area contributed by atoms with Crippen molar-refractivity contribution >= 4 is 33.7 Å². The second-order valence-electron chi connectivity index (χ2n) is 4.70. The summed E-state index contributed by atoms with van der Waals surface area (Å²) < 4.78 is 1.57. The Bertz CT molecular complexity index is 808. The van der Waals surface area contributed by atoms with Crippen LogP contribution in [0.15, 0.2) is 51.6 Å². The number of fused-ring (bicyclic) bond motifs is 1. The van der Waals surface area contributed by atoms with Crippen molar-refractivity contribution in [3.8, 4) is 0 Å². The molecule has 0 atom stereocenters. The van der Waals surface area contributed by atoms with Crippen molar-refractivity contribution in [1.29, 1.82) is 0 Å². The molecule has 0 aliphatic rings. The van der Waals surface area contributed by atoms with Gasteiger partial charge >= 0.3 is 0 Å². The fourth-order valence-electron chi connectivity index (χ4n) is 2.14. The quantitative estimate of drug-likeness (QED) is 0.693. The van der Waals surface area contributed by atoms with E-state index in [-0.39, 0.29) is 5.56 Å². The number of thiazole rings is 1. The third-order valence-corrected chi connectivity index (χ3v) is 4.77. The highest BCUT2D eigenvalue weighted by molar-refractivity contribution is 7.98. The Morgan fingerprint density at radius 1 is 1.33 bits per heavy atom. The minimum Gasteiger partial charge on any atom is -0.369 e. The van der Waals surface area contributed by atoms with Crippen molar-refractivity contribution in [1.82, 2.24) is 9.38 Å². The molecule has 0 aliphatic heterocycles. The van der Waals surface area contributed by atoms with Crippen LogP contribution in [0.3, 0.4) is 0 Å². The Balaban J connectivity index is 1.84. The molecular weight excluding hydrogens is 302 g/mol. The van der Waals surface area contributed by atoms with Gasteiger partial charge in [-0.05, 0) is 30.5 Å². The van der Waals surface area contributed by atoms with Gasteiger partial charge in [0.15, 0.2) is 4.96 Å². The van der Waals surface area contributed by atoms with E-state index in [1.807, 2.05) is 12.4 Å². The zero-order valence-electron chi connectivity index (χ0n) is 11.8. The lowest BCUT2D eigenvalue weighted by molar-refractivity contribution is 0.874. The van der Waals surface area contributed by atoms with Gasteiger partial charge in [-0.25, -0.2) is 4.98 Å². The molecule has 0 radical (unpaired) electrons. The topological polar surface area (TPSA) is 37.6 Å². The smallest absolute Gasteiger partial charge is 0.258 e. The molecule has 21 heavy (non-hydrogen) atoms. The second kappa shape index (κ2) is 5.91. The lowest BCUT2D eigenvalue weighted by atomic mass is 10.3. The van der Waals surface area contributed by atoms with Gasteiger partial charge in [-0.15, -0.1) is 23.1 Å². The maximum Gasteiger partial charge on any atom is 0.258 e. The highest BCUT2D eigenvalue weighted by atomic mass is 32.2. The molecule has 0 unspecified atom stereocenters. The first-order chi connectivity index (χ1) is 10.2. The highest BCUT2D eigenvalue weighted by Gasteiger charge is 2.07. The van der Waals surface area contributed by atoms with Crippen molar-refractivity contribution in [2.45, 2.75) is 11.4 Å². The van der Waals surface area contributed by atoms with Crippen LogP contribution in [0.4, 0.5) is 5.69 Å². The maximum absolute atomic E-state index is 12.0. The fraction of sp³-hybridized carbons (Fsp3) is 0.200. The lowest BCUT2D eigenvalue weighted by Crippen LogP contribution is -2.20. The summed E-state index contributed by atoms with van der Waals surface area (Å²) in [6.07, 6.45) is 3.82. The van der Waals surface area contributed by atoms with Gasteiger partial charge in [0.1, 0.15) is 0 Å². The summed E-state index contributed by atoms with van der Waals surface area (Å²) in [5, 5.41) is 1.87. The molecular formula is C15H15N3OS2. The average Bonchev–Trinajstić information content (AvgIpc) is 2.96. The molecule has 4 nitrogen and oxygen atoms in total. The first-order valence-corrected chi connectivity index (χ1v) is 8.59. The molecule has 3 aromatic rings. The first-order valence-electron chi connectivity index (χ1n) is 6.48. The van der Waals surface area contributed by atoms with Gasteiger partial charge in [-0.2, -0.15) is 0 Å². The Morgan fingerprint density at radius 2 is 2.10 bits per heavy atom. The molecule has 0 bridgehead atoms. The van der Waals surface area contributed by atoms with Gasteiger partial charge in [0.05, 0.1) is 12.2 Å². The molecule has 0 fully saturated rings. The van der Waals surface area contributed by atoms with E-state index in [0.717, 1.165) is 16.3 Å². The molecule has 2 heterocycles. The van der Waals surface area contributed by atoms with E-state index in [4.69, 9.17) is 0 Å². The zero-order chi connectivity index (χ0) is 14.8. The summed E-state index contributed by atoms with van der Waals surface area (Å²) in [4.78, 5) is 20.6. The van der Waals surface area contributed by atoms with Crippen LogP contribution in [0.2, 0.25) is 0 Å². The van der Waals surface area contributed by atoms with Crippen LogP contribution in [0.25, 0.3) is 4.96 Å². The predicted octanol–water partition coefficient (Wildman–Crippen LogP) is 3.11. The third kappa shape index (κ3) is 2.96. The van der Waals surface area contributed by atoms with Crippen molar-refractivity contribution in [2.24, 2.45) is 0 Å². The molecule has 6 heteroatoms. The second-order valence-corrected chi connectivity index (χ2v) is 6.45. The van der Waals surface area contributed by atoms with Crippen molar-refractivity contribution in [3.63, 3.8) is 0 Å². The lowest BCUT2D eigenvalue weighted by Gasteiger charge is -2.19. The van der Waals surface area contributed by atoms with E-state index in [0.29, 0.717) is 6.54 Å². The Morgan fingerprint density at radius 3 is 2.81 bits per heavy atom. The zero-order valence-corrected chi connectivity index (χ0v) is 13.4. The molecule has 0 aliphatic carbocycles. The summed E-state index contributed by atoms with van der Waals surface area (Å²) in [5.74, 6) is 0. The third-order valence-electron chi connectivity index (χ3n) is 3.27. The molecule has 0 N–H and O–H groups in total. The van der Waals surface area contributed by atoms with Crippen LogP contribution in [0.1, 0.15) is 5.69 Å². The molecule has 0 saturated carbocycles. The summed E-state index contributed by atoms with van der Waals surface area (Å²) in [5.41, 5.74) is 1.88. The Kier molecular flexibility index (Phi) is 3.98. The molecule has 0 amide bonds. The van der Waals surface area contributed by atoms with Gasteiger partial charge in [0.2, 0.25) is 0 Å². The molecule has 108 valence electrons. The Labute approximate surface area is 131 Å². The summed E-state index contributed by atoms with van der Waals surface area (Å²) in [6.45, 7) is 0.613. The van der Waals surface area contributed by atoms with E-state index in [2.05, 4.69) is 40.4 Å². The van der Waals surface area contributed by atoms with E-state index in [1.165, 1.54) is 16.2 Å². The highest BCUT2D eigenvalue weighted by Crippen LogP contribution is 2.20. The van der Waals surface area contributed by atoms with Gasteiger partial charge < -0.3 is 4.90 Å². The van der Waals surface area contributed by atoms with Gasteiger partial charge in [-0.3, -0.25) is 9.20 Å². The number of thioether (sulfide) groups is 1. The van der Waals surface area contributed by atoms with E-state index < -0.39 is 0 Å². The van der Waals surface area contributed by atoms with Gasteiger partial charge in [-0.1, -0.05) is 0 Å². The van der Waals surface area contributed by atoms with Crippen molar-refractivity contribution < 1.29 is 0 Å². The monoisotopic (exact) mass is 317 g/mol. The van der Waals surface area contributed by atoms with Crippen molar-refractivity contribution in [3.05, 3.63) is 58.0 Å². The molecule has 1 aromatic carbocycles. The normalized spacial score (nSPS) is 11.0. The van der Waals surface area contributed by atoms with Crippen LogP contribution >= 0.6 is 23.1 Å². The number of benzene rings is 1. The molecule has 3 rings (SSSR count). The first kappa shape index (κ1) is 14.2. The van der Waals surface area contributed by atoms with Crippen LogP contribution in [0, 0.1) is 0 Å². The number of nitrogens with zero attached hydrogens (tertiary/aromatic N) is 3. The SMILES string of the molecule is CSc1ccc(N(C)Cc2cc(=O)n3ccsc3n2)cc1. The average molecular weight is 317 g/mol. The van der Waals surface area contributed by atoms with Crippen LogP contribution < -0.4 is 10.5 Å². The number of anilines is 1. The molecule has 0 spiro atoms. The van der Waals surface area contributed by atoms with Crippen LogP contribution in [-0.2, 0) is 6.54 Å². The predicted molar refractivity (Wildman–Crippen MR) is 89.7 cm³/mol. The number of hydrogen-bond acceptors (Lipinski definition) is 5. The molecule has 0 saturated heterocycles. The van der Waals surface area contributed by atoms with E-state index in [1.54, 1.807) is 28.4 Å². The summed E-state index contributed by atoms with van der Waals surface area (Å²) in [6, 6.07) is 9.97. The summed E-state index contributed by atoms with van der Waals surface area (Å²) >= 11 is 3.20. The van der Waals surface area contributed by atoms with Gasteiger partial charge in [0.25, 0.3) is 5.56 Å². The standard InChI is InChI=1S/C15H15N3OS2/c1-17(12-3-5-13(20-2)6-4-12)10-11-9-14(19)18-7-8-21-15(18)16-11/h3-9H,10H2,1-2H3. The number of rotatable bonds is 4. The summed E-state index contributed by atoms with van der Waals surface area (Å²) in [7, 11) is 2.01. The Hall–Kier alpha value is -1.79. The van der Waals surface area contributed by atoms with Gasteiger partial charge in [0, 0.05) is 35.3 Å². The fourth-order valence-corrected chi connectivity index (χ4v) is 3.29. The minimum absolute atomic E-state index is 0.0256. The van der Waals surface area contributed by atoms with E-state index in [9.17, 15) is 4.79 Å². The van der Waals surface area contributed by atoms with E-state index >= 15 is 0 Å². The molecule has 2 aromatic heterocycles. The largest absolute Gasteiger partial charge is 0.369 e. The minimum atomic E-state index is -0.0256. The van der Waals surface area contributed by atoms with Crippen molar-refractivity contribution in [2.75, 3.05) is 18.2 Å².